The Kier molecular flexibility index (Phi) is 5.30. The third-order valence-electron chi connectivity index (χ3n) is 3.96. The molecular weight excluding hydrogens is 370 g/mol. The lowest BCUT2D eigenvalue weighted by Crippen LogP contribution is -2.19. The number of aromatic nitrogens is 5. The number of aromatic amines is 1. The second kappa shape index (κ2) is 8.36. The van der Waals surface area contributed by atoms with Gasteiger partial charge in [-0.2, -0.15) is 5.10 Å². The Balaban J connectivity index is 1.36. The van der Waals surface area contributed by atoms with Gasteiger partial charge in [0, 0.05) is 36.3 Å². The molecule has 4 aromatic rings. The van der Waals surface area contributed by atoms with E-state index >= 15 is 0 Å². The van der Waals surface area contributed by atoms with E-state index in [4.69, 9.17) is 12.2 Å². The topological polar surface area (TPSA) is 91.4 Å². The van der Waals surface area contributed by atoms with E-state index in [1.807, 2.05) is 54.6 Å². The highest BCUT2D eigenvalue weighted by atomic mass is 32.1. The first kappa shape index (κ1) is 17.7. The van der Waals surface area contributed by atoms with Crippen LogP contribution in [-0.2, 0) is 6.42 Å². The van der Waals surface area contributed by atoms with Gasteiger partial charge in [-0.1, -0.05) is 18.2 Å². The predicted molar refractivity (Wildman–Crippen MR) is 113 cm³/mol. The molecule has 4 rings (SSSR count). The number of nitrogens with one attached hydrogen (secondary N) is 3. The van der Waals surface area contributed by atoms with Crippen LogP contribution >= 0.6 is 12.2 Å². The molecule has 0 saturated heterocycles. The summed E-state index contributed by atoms with van der Waals surface area (Å²) in [5, 5.41) is 13.9. The molecule has 3 heterocycles. The summed E-state index contributed by atoms with van der Waals surface area (Å²) in [5.74, 6) is 2.17. The molecule has 0 aliphatic heterocycles. The van der Waals surface area contributed by atoms with Crippen molar-refractivity contribution in [3.63, 3.8) is 0 Å². The van der Waals surface area contributed by atoms with Crippen LogP contribution in [0.5, 0.6) is 0 Å². The quantitative estimate of drug-likeness (QED) is 0.450. The number of hydrogen-bond donors (Lipinski definition) is 3. The van der Waals surface area contributed by atoms with Crippen molar-refractivity contribution in [3.05, 3.63) is 84.6 Å². The molecule has 0 saturated carbocycles. The van der Waals surface area contributed by atoms with Gasteiger partial charge in [0.05, 0.1) is 0 Å². The van der Waals surface area contributed by atoms with Crippen molar-refractivity contribution in [2.45, 2.75) is 6.42 Å². The van der Waals surface area contributed by atoms with Crippen LogP contribution in [0.4, 0.5) is 11.5 Å². The molecule has 0 unspecified atom stereocenters. The second-order valence-electron chi connectivity index (χ2n) is 6.01. The van der Waals surface area contributed by atoms with E-state index in [9.17, 15) is 0 Å². The minimum absolute atomic E-state index is 0.490. The van der Waals surface area contributed by atoms with E-state index in [2.05, 4.69) is 35.8 Å². The van der Waals surface area contributed by atoms with Crippen LogP contribution < -0.4 is 10.6 Å². The highest BCUT2D eigenvalue weighted by molar-refractivity contribution is 7.80. The van der Waals surface area contributed by atoms with Crippen LogP contribution in [0.1, 0.15) is 11.4 Å². The van der Waals surface area contributed by atoms with E-state index < -0.39 is 0 Å². The average Bonchev–Trinajstić information content (AvgIpc) is 3.19. The minimum Gasteiger partial charge on any atom is -0.332 e. The third kappa shape index (κ3) is 4.54. The van der Waals surface area contributed by atoms with Gasteiger partial charge >= 0.3 is 0 Å². The Hall–Kier alpha value is -3.65. The van der Waals surface area contributed by atoms with Crippen LogP contribution in [-0.4, -0.2) is 30.3 Å². The molecule has 3 aromatic heterocycles. The fraction of sp³-hybridized carbons (Fsp3) is 0.0500. The van der Waals surface area contributed by atoms with Crippen molar-refractivity contribution < 1.29 is 0 Å². The van der Waals surface area contributed by atoms with Gasteiger partial charge in [-0.3, -0.25) is 10.1 Å². The summed E-state index contributed by atoms with van der Waals surface area (Å²) in [7, 11) is 0. The van der Waals surface area contributed by atoms with Gasteiger partial charge in [-0.05, 0) is 54.2 Å². The molecule has 0 radical (unpaired) electrons. The molecular formula is C20H17N7S. The molecule has 0 spiro atoms. The van der Waals surface area contributed by atoms with E-state index in [1.165, 1.54) is 0 Å². The Morgan fingerprint density at radius 2 is 1.75 bits per heavy atom. The molecule has 7 nitrogen and oxygen atoms in total. The fourth-order valence-corrected chi connectivity index (χ4v) is 2.84. The zero-order chi connectivity index (χ0) is 19.2. The van der Waals surface area contributed by atoms with Crippen molar-refractivity contribution in [1.29, 1.82) is 0 Å². The van der Waals surface area contributed by atoms with E-state index in [1.54, 1.807) is 18.6 Å². The summed E-state index contributed by atoms with van der Waals surface area (Å²) in [6.45, 7) is 0. The van der Waals surface area contributed by atoms with Gasteiger partial charge < -0.3 is 10.6 Å². The maximum absolute atomic E-state index is 5.32. The monoisotopic (exact) mass is 387 g/mol. The Labute approximate surface area is 167 Å². The summed E-state index contributed by atoms with van der Waals surface area (Å²) in [6, 6.07) is 17.4. The molecule has 0 bridgehead atoms. The first-order valence-corrected chi connectivity index (χ1v) is 9.07. The molecule has 0 fully saturated rings. The number of anilines is 2. The summed E-state index contributed by atoms with van der Waals surface area (Å²) >= 11 is 5.32. The lowest BCUT2D eigenvalue weighted by Gasteiger charge is -2.10. The molecule has 1 aromatic carbocycles. The molecule has 0 aliphatic carbocycles. The zero-order valence-electron chi connectivity index (χ0n) is 14.8. The second-order valence-corrected chi connectivity index (χ2v) is 6.42. The van der Waals surface area contributed by atoms with Gasteiger partial charge in [-0.25, -0.2) is 9.97 Å². The van der Waals surface area contributed by atoms with Gasteiger partial charge in [0.1, 0.15) is 11.6 Å². The zero-order valence-corrected chi connectivity index (χ0v) is 15.6. The van der Waals surface area contributed by atoms with Gasteiger partial charge in [-0.15, -0.1) is 0 Å². The van der Waals surface area contributed by atoms with Crippen LogP contribution in [0, 0.1) is 0 Å². The highest BCUT2D eigenvalue weighted by Gasteiger charge is 2.07. The maximum Gasteiger partial charge on any atom is 0.181 e. The summed E-state index contributed by atoms with van der Waals surface area (Å²) in [5.41, 5.74) is 2.95. The van der Waals surface area contributed by atoms with E-state index in [-0.39, 0.29) is 0 Å². The first-order chi connectivity index (χ1) is 13.8. The molecule has 8 heteroatoms. The number of nitrogens with zero attached hydrogens (tertiary/aromatic N) is 4. The number of pyridine rings is 2. The standard InChI is InChI=1S/C20H17N7S/c28-20(25-17-3-1-2-10-22-17)23-16-6-4-14(5-7-16)13-18-24-19(27-26-18)15-8-11-21-12-9-15/h1-12H,13H2,(H,24,26,27)(H2,22,23,25,28). The highest BCUT2D eigenvalue weighted by Crippen LogP contribution is 2.16. The summed E-state index contributed by atoms with van der Waals surface area (Å²) in [4.78, 5) is 12.7. The number of rotatable bonds is 5. The first-order valence-electron chi connectivity index (χ1n) is 8.66. The number of hydrogen-bond acceptors (Lipinski definition) is 5. The molecule has 0 aliphatic rings. The normalized spacial score (nSPS) is 10.4. The van der Waals surface area contributed by atoms with Crippen molar-refractivity contribution in [2.75, 3.05) is 10.6 Å². The Bertz CT molecular complexity index is 1050. The molecule has 0 atom stereocenters. The van der Waals surface area contributed by atoms with Crippen molar-refractivity contribution in [2.24, 2.45) is 0 Å². The van der Waals surface area contributed by atoms with Crippen molar-refractivity contribution >= 4 is 28.8 Å². The number of thiocarbonyl (C=S) groups is 1. The van der Waals surface area contributed by atoms with Crippen molar-refractivity contribution in [3.8, 4) is 11.4 Å². The van der Waals surface area contributed by atoms with Gasteiger partial charge in [0.15, 0.2) is 10.9 Å². The van der Waals surface area contributed by atoms with Crippen LogP contribution in [0.3, 0.4) is 0 Å². The molecule has 3 N–H and O–H groups in total. The predicted octanol–water partition coefficient (Wildman–Crippen LogP) is 3.66. The molecule has 28 heavy (non-hydrogen) atoms. The minimum atomic E-state index is 0.490. The lowest BCUT2D eigenvalue weighted by molar-refractivity contribution is 0.973. The fourth-order valence-electron chi connectivity index (χ4n) is 2.62. The van der Waals surface area contributed by atoms with Crippen LogP contribution in [0.25, 0.3) is 11.4 Å². The average molecular weight is 387 g/mol. The lowest BCUT2D eigenvalue weighted by atomic mass is 10.1. The largest absolute Gasteiger partial charge is 0.332 e. The van der Waals surface area contributed by atoms with Gasteiger partial charge in [0.2, 0.25) is 0 Å². The van der Waals surface area contributed by atoms with Crippen molar-refractivity contribution in [1.82, 2.24) is 25.1 Å². The van der Waals surface area contributed by atoms with Crippen LogP contribution in [0.2, 0.25) is 0 Å². The Morgan fingerprint density at radius 3 is 2.50 bits per heavy atom. The molecule has 0 amide bonds. The third-order valence-corrected chi connectivity index (χ3v) is 4.16. The molecule has 138 valence electrons. The van der Waals surface area contributed by atoms with E-state index in [0.717, 1.165) is 22.6 Å². The maximum atomic E-state index is 5.32. The number of H-pyrrole nitrogens is 1. The Morgan fingerprint density at radius 1 is 0.929 bits per heavy atom. The van der Waals surface area contributed by atoms with Gasteiger partial charge in [0.25, 0.3) is 0 Å². The SMILES string of the molecule is S=C(Nc1ccc(Cc2nc(-c3ccncc3)n[nH]2)cc1)Nc1ccccn1. The van der Waals surface area contributed by atoms with Crippen LogP contribution in [0.15, 0.2) is 73.2 Å². The summed E-state index contributed by atoms with van der Waals surface area (Å²) in [6.07, 6.45) is 5.83. The summed E-state index contributed by atoms with van der Waals surface area (Å²) < 4.78 is 0. The van der Waals surface area contributed by atoms with E-state index in [0.29, 0.717) is 23.2 Å². The smallest absolute Gasteiger partial charge is 0.181 e. The number of benzene rings is 1.